The summed E-state index contributed by atoms with van der Waals surface area (Å²) in [5.74, 6) is 1.95. The fourth-order valence-corrected chi connectivity index (χ4v) is 4.10. The molecule has 2 atom stereocenters. The molecule has 1 aliphatic rings. The van der Waals surface area contributed by atoms with Crippen molar-refractivity contribution in [3.05, 3.63) is 71.3 Å². The van der Waals surface area contributed by atoms with E-state index in [-0.39, 0.29) is 5.97 Å². The summed E-state index contributed by atoms with van der Waals surface area (Å²) >= 11 is 0. The summed E-state index contributed by atoms with van der Waals surface area (Å²) in [5, 5.41) is 0. The first kappa shape index (κ1) is 21.4. The summed E-state index contributed by atoms with van der Waals surface area (Å²) in [6, 6.07) is 15.7. The molecule has 2 aromatic carbocycles. The molecule has 0 saturated carbocycles. The number of carbonyl (C=O) groups excluding carboxylic acids is 1. The average Bonchev–Trinajstić information content (AvgIpc) is 2.76. The Hall–Kier alpha value is -2.35. The van der Waals surface area contributed by atoms with Crippen LogP contribution in [-0.2, 0) is 6.42 Å². The van der Waals surface area contributed by atoms with Gasteiger partial charge in [0.25, 0.3) is 0 Å². The summed E-state index contributed by atoms with van der Waals surface area (Å²) < 4.78 is 5.53. The van der Waals surface area contributed by atoms with Gasteiger partial charge in [0.15, 0.2) is 0 Å². The van der Waals surface area contributed by atoms with Gasteiger partial charge in [0, 0.05) is 0 Å². The molecule has 0 radical (unpaired) electrons. The Morgan fingerprint density at radius 2 is 1.79 bits per heavy atom. The number of aryl methyl sites for hydroxylation is 1. The highest BCUT2D eigenvalue weighted by atomic mass is 16.5. The summed E-state index contributed by atoms with van der Waals surface area (Å²) in [6.45, 7) is 6.80. The molecule has 2 aromatic rings. The maximum absolute atomic E-state index is 12.4. The van der Waals surface area contributed by atoms with E-state index in [1.54, 1.807) is 0 Å². The van der Waals surface area contributed by atoms with Crippen LogP contribution in [0.4, 0.5) is 0 Å². The van der Waals surface area contributed by atoms with Crippen molar-refractivity contribution in [2.45, 2.75) is 65.7 Å². The molecule has 0 fully saturated rings. The fraction of sp³-hybridized carbons (Fsp3) is 0.444. The summed E-state index contributed by atoms with van der Waals surface area (Å²) in [6.07, 6.45) is 10.8. The van der Waals surface area contributed by atoms with Gasteiger partial charge in [-0.2, -0.15) is 0 Å². The number of ether oxygens (including phenoxy) is 1. The second-order valence-electron chi connectivity index (χ2n) is 8.48. The van der Waals surface area contributed by atoms with E-state index >= 15 is 0 Å². The number of hydrogen-bond acceptors (Lipinski definition) is 2. The zero-order valence-electron chi connectivity index (χ0n) is 18.1. The van der Waals surface area contributed by atoms with Gasteiger partial charge in [0.2, 0.25) is 0 Å². The van der Waals surface area contributed by atoms with Gasteiger partial charge in [0.1, 0.15) is 5.75 Å². The molecule has 0 bridgehead atoms. The first-order chi connectivity index (χ1) is 14.1. The predicted molar refractivity (Wildman–Crippen MR) is 121 cm³/mol. The van der Waals surface area contributed by atoms with Crippen LogP contribution in [0, 0.1) is 11.8 Å². The van der Waals surface area contributed by atoms with Crippen LogP contribution in [-0.4, -0.2) is 5.97 Å². The van der Waals surface area contributed by atoms with Gasteiger partial charge in [-0.25, -0.2) is 4.79 Å². The summed E-state index contributed by atoms with van der Waals surface area (Å²) in [4.78, 5) is 12.4. The maximum Gasteiger partial charge on any atom is 0.343 e. The topological polar surface area (TPSA) is 26.3 Å². The highest BCUT2D eigenvalue weighted by Crippen LogP contribution is 2.34. The number of benzene rings is 2. The molecule has 0 spiro atoms. The van der Waals surface area contributed by atoms with E-state index in [1.165, 1.54) is 42.4 Å². The van der Waals surface area contributed by atoms with Crippen LogP contribution in [0.5, 0.6) is 5.75 Å². The third-order valence-electron chi connectivity index (χ3n) is 6.12. The lowest BCUT2D eigenvalue weighted by atomic mass is 9.81. The van der Waals surface area contributed by atoms with Gasteiger partial charge in [-0.1, -0.05) is 64.0 Å². The molecule has 0 heterocycles. The van der Waals surface area contributed by atoms with E-state index in [1.807, 2.05) is 36.4 Å². The third-order valence-corrected chi connectivity index (χ3v) is 6.12. The molecule has 2 heteroatoms. The van der Waals surface area contributed by atoms with Crippen LogP contribution in [0.25, 0.3) is 5.57 Å². The largest absolute Gasteiger partial charge is 0.423 e. The standard InChI is InChI=1S/C27H34O2/c1-4-6-21-9-17-26(18-10-21)29-27(28)25-15-13-24(14-16-25)23-11-7-22(8-12-23)19-20(3)5-2/h9-11,13-18,20,22H,4-8,12,19H2,1-3H3. The molecule has 154 valence electrons. The molecule has 29 heavy (non-hydrogen) atoms. The number of carbonyl (C=O) groups is 1. The third kappa shape index (κ3) is 6.06. The van der Waals surface area contributed by atoms with Crippen molar-refractivity contribution in [2.75, 3.05) is 0 Å². The molecule has 2 unspecified atom stereocenters. The molecule has 0 saturated heterocycles. The van der Waals surface area contributed by atoms with Gasteiger partial charge >= 0.3 is 5.97 Å². The minimum absolute atomic E-state index is 0.300. The maximum atomic E-state index is 12.4. The number of esters is 1. The smallest absolute Gasteiger partial charge is 0.343 e. The fourth-order valence-electron chi connectivity index (χ4n) is 4.10. The van der Waals surface area contributed by atoms with Gasteiger partial charge < -0.3 is 4.74 Å². The zero-order valence-corrected chi connectivity index (χ0v) is 18.1. The normalized spacial score (nSPS) is 17.5. The number of hydrogen-bond donors (Lipinski definition) is 0. The molecule has 0 aromatic heterocycles. The van der Waals surface area contributed by atoms with Crippen molar-refractivity contribution in [3.63, 3.8) is 0 Å². The quantitative estimate of drug-likeness (QED) is 0.345. The Bertz CT molecular complexity index is 815. The van der Waals surface area contributed by atoms with E-state index in [0.717, 1.165) is 31.1 Å². The second-order valence-corrected chi connectivity index (χ2v) is 8.48. The SMILES string of the molecule is CCCc1ccc(OC(=O)c2ccc(C3=CCC(CC(C)CC)CC3)cc2)cc1. The molecule has 1 aliphatic carbocycles. The van der Waals surface area contributed by atoms with E-state index in [2.05, 4.69) is 39.0 Å². The summed E-state index contributed by atoms with van der Waals surface area (Å²) in [7, 11) is 0. The minimum Gasteiger partial charge on any atom is -0.423 e. The van der Waals surface area contributed by atoms with Crippen molar-refractivity contribution in [1.29, 1.82) is 0 Å². The molecule has 0 aliphatic heterocycles. The van der Waals surface area contributed by atoms with Gasteiger partial charge in [0.05, 0.1) is 5.56 Å². The Morgan fingerprint density at radius 3 is 2.38 bits per heavy atom. The van der Waals surface area contributed by atoms with Gasteiger partial charge in [-0.3, -0.25) is 0 Å². The number of allylic oxidation sites excluding steroid dienone is 2. The van der Waals surface area contributed by atoms with Crippen molar-refractivity contribution in [2.24, 2.45) is 11.8 Å². The Balaban J connectivity index is 1.57. The Morgan fingerprint density at radius 1 is 1.07 bits per heavy atom. The Labute approximate surface area is 176 Å². The lowest BCUT2D eigenvalue weighted by Gasteiger charge is -2.24. The van der Waals surface area contributed by atoms with Crippen molar-refractivity contribution >= 4 is 11.5 Å². The lowest BCUT2D eigenvalue weighted by molar-refractivity contribution is 0.0734. The minimum atomic E-state index is -0.300. The van der Waals surface area contributed by atoms with Crippen molar-refractivity contribution in [1.82, 2.24) is 0 Å². The van der Waals surface area contributed by atoms with Crippen LogP contribution in [0.15, 0.2) is 54.6 Å². The molecular formula is C27H34O2. The van der Waals surface area contributed by atoms with Crippen molar-refractivity contribution in [3.8, 4) is 5.75 Å². The van der Waals surface area contributed by atoms with Crippen LogP contribution in [0.2, 0.25) is 0 Å². The van der Waals surface area contributed by atoms with Crippen molar-refractivity contribution < 1.29 is 9.53 Å². The predicted octanol–water partition coefficient (Wildman–Crippen LogP) is 7.48. The van der Waals surface area contributed by atoms with E-state index in [0.29, 0.717) is 11.3 Å². The zero-order chi connectivity index (χ0) is 20.6. The highest BCUT2D eigenvalue weighted by molar-refractivity contribution is 5.91. The number of rotatable bonds is 8. The molecule has 0 amide bonds. The molecular weight excluding hydrogens is 356 g/mol. The van der Waals surface area contributed by atoms with Gasteiger partial charge in [-0.05, 0) is 84.9 Å². The average molecular weight is 391 g/mol. The molecule has 2 nitrogen and oxygen atoms in total. The highest BCUT2D eigenvalue weighted by Gasteiger charge is 2.18. The van der Waals surface area contributed by atoms with Crippen LogP contribution in [0.1, 0.15) is 80.8 Å². The second kappa shape index (κ2) is 10.4. The van der Waals surface area contributed by atoms with Crippen LogP contribution >= 0.6 is 0 Å². The molecule has 0 N–H and O–H groups in total. The summed E-state index contributed by atoms with van der Waals surface area (Å²) in [5.41, 5.74) is 4.51. The lowest BCUT2D eigenvalue weighted by Crippen LogP contribution is -2.10. The van der Waals surface area contributed by atoms with E-state index < -0.39 is 0 Å². The molecule has 3 rings (SSSR count). The van der Waals surface area contributed by atoms with Crippen LogP contribution in [0.3, 0.4) is 0 Å². The Kier molecular flexibility index (Phi) is 7.69. The van der Waals surface area contributed by atoms with E-state index in [4.69, 9.17) is 4.74 Å². The van der Waals surface area contributed by atoms with Gasteiger partial charge in [-0.15, -0.1) is 0 Å². The van der Waals surface area contributed by atoms with Crippen LogP contribution < -0.4 is 4.74 Å². The monoisotopic (exact) mass is 390 g/mol. The van der Waals surface area contributed by atoms with E-state index in [9.17, 15) is 4.79 Å². The first-order valence-corrected chi connectivity index (χ1v) is 11.2. The first-order valence-electron chi connectivity index (χ1n) is 11.2.